The number of nitrogens with zero attached hydrogens (tertiary/aromatic N) is 2. The van der Waals surface area contributed by atoms with Crippen LogP contribution < -0.4 is 14.4 Å². The third-order valence-electron chi connectivity index (χ3n) is 7.52. The molecule has 11 heteroatoms. The minimum Gasteiger partial charge on any atom is -0.497 e. The zero-order valence-electron chi connectivity index (χ0n) is 24.3. The number of rotatable bonds is 12. The standard InChI is InChI=1S/C32H37Cl2N3O5S/c1-42-29-15-9-12-24(16-29)21-36(31(38)22-37(43(2,40)41)28-19-25(33)18-26(34)20-28)30(17-23-10-5-3-6-11-23)32(39)35-27-13-7-4-8-14-27/h3,5-6,9-12,15-16,18-20,27,30H,4,7-8,13-14,17,21-22H2,1-2H3,(H,35,39)/t30-/m0/s1. The first-order valence-corrected chi connectivity index (χ1v) is 16.8. The van der Waals surface area contributed by atoms with E-state index in [0.717, 1.165) is 53.8 Å². The average molecular weight is 647 g/mol. The minimum atomic E-state index is -3.94. The third-order valence-corrected chi connectivity index (χ3v) is 9.10. The van der Waals surface area contributed by atoms with E-state index in [1.54, 1.807) is 19.2 Å². The van der Waals surface area contributed by atoms with E-state index < -0.39 is 28.5 Å². The van der Waals surface area contributed by atoms with Gasteiger partial charge in [-0.05, 0) is 54.3 Å². The Morgan fingerprint density at radius 3 is 2.21 bits per heavy atom. The molecule has 0 bridgehead atoms. The van der Waals surface area contributed by atoms with Gasteiger partial charge in [0.1, 0.15) is 18.3 Å². The Bertz CT molecular complexity index is 1490. The van der Waals surface area contributed by atoms with Gasteiger partial charge in [-0.15, -0.1) is 0 Å². The molecule has 0 radical (unpaired) electrons. The lowest BCUT2D eigenvalue weighted by Crippen LogP contribution is -2.55. The molecule has 0 aliphatic heterocycles. The van der Waals surface area contributed by atoms with Crippen LogP contribution in [0.4, 0.5) is 5.69 Å². The predicted molar refractivity (Wildman–Crippen MR) is 171 cm³/mol. The van der Waals surface area contributed by atoms with Gasteiger partial charge >= 0.3 is 0 Å². The van der Waals surface area contributed by atoms with Gasteiger partial charge in [-0.2, -0.15) is 0 Å². The van der Waals surface area contributed by atoms with Crippen LogP contribution in [0.3, 0.4) is 0 Å². The van der Waals surface area contributed by atoms with Gasteiger partial charge in [-0.1, -0.05) is 84.9 Å². The summed E-state index contributed by atoms with van der Waals surface area (Å²) in [4.78, 5) is 29.8. The highest BCUT2D eigenvalue weighted by Gasteiger charge is 2.34. The van der Waals surface area contributed by atoms with Gasteiger partial charge in [0.2, 0.25) is 21.8 Å². The summed E-state index contributed by atoms with van der Waals surface area (Å²) in [6.07, 6.45) is 6.22. The molecule has 0 aromatic heterocycles. The number of methoxy groups -OCH3 is 1. The number of amides is 2. The zero-order valence-corrected chi connectivity index (χ0v) is 26.7. The van der Waals surface area contributed by atoms with Crippen LogP contribution in [0.15, 0.2) is 72.8 Å². The van der Waals surface area contributed by atoms with Crippen molar-refractivity contribution in [3.63, 3.8) is 0 Å². The van der Waals surface area contributed by atoms with Gasteiger partial charge in [-0.25, -0.2) is 8.42 Å². The predicted octanol–water partition coefficient (Wildman–Crippen LogP) is 5.86. The molecule has 230 valence electrons. The zero-order chi connectivity index (χ0) is 31.0. The highest BCUT2D eigenvalue weighted by molar-refractivity contribution is 7.92. The quantitative estimate of drug-likeness (QED) is 0.266. The first kappa shape index (κ1) is 32.6. The summed E-state index contributed by atoms with van der Waals surface area (Å²) in [5.41, 5.74) is 1.75. The maximum atomic E-state index is 14.3. The van der Waals surface area contributed by atoms with Gasteiger partial charge in [-0.3, -0.25) is 13.9 Å². The molecule has 1 aliphatic carbocycles. The highest BCUT2D eigenvalue weighted by Crippen LogP contribution is 2.28. The fourth-order valence-electron chi connectivity index (χ4n) is 5.36. The maximum absolute atomic E-state index is 14.3. The molecule has 1 atom stereocenters. The Hall–Kier alpha value is -3.27. The average Bonchev–Trinajstić information content (AvgIpc) is 2.97. The van der Waals surface area contributed by atoms with Gasteiger partial charge < -0.3 is 15.0 Å². The molecule has 0 heterocycles. The van der Waals surface area contributed by atoms with Crippen molar-refractivity contribution in [3.05, 3.63) is 94.0 Å². The molecule has 4 rings (SSSR count). The molecule has 1 fully saturated rings. The molecule has 0 unspecified atom stereocenters. The molecule has 3 aromatic carbocycles. The first-order valence-electron chi connectivity index (χ1n) is 14.2. The van der Waals surface area contributed by atoms with Crippen molar-refractivity contribution in [2.24, 2.45) is 0 Å². The maximum Gasteiger partial charge on any atom is 0.244 e. The van der Waals surface area contributed by atoms with Crippen LogP contribution in [-0.4, -0.2) is 57.1 Å². The summed E-state index contributed by atoms with van der Waals surface area (Å²) in [5.74, 6) is -0.227. The van der Waals surface area contributed by atoms with Gasteiger partial charge in [0.15, 0.2) is 0 Å². The molecule has 43 heavy (non-hydrogen) atoms. The molecular weight excluding hydrogens is 609 g/mol. The second-order valence-corrected chi connectivity index (χ2v) is 13.6. The number of hydrogen-bond donors (Lipinski definition) is 1. The summed E-state index contributed by atoms with van der Waals surface area (Å²) in [6.45, 7) is -0.499. The number of carbonyl (C=O) groups excluding carboxylic acids is 2. The number of carbonyl (C=O) groups is 2. The van der Waals surface area contributed by atoms with Gasteiger partial charge in [0.25, 0.3) is 0 Å². The number of ether oxygens (including phenoxy) is 1. The normalized spacial score (nSPS) is 14.5. The van der Waals surface area contributed by atoms with Crippen molar-refractivity contribution in [2.75, 3.05) is 24.2 Å². The molecule has 0 saturated heterocycles. The minimum absolute atomic E-state index is 0.0226. The SMILES string of the molecule is COc1cccc(CN(C(=O)CN(c2cc(Cl)cc(Cl)c2)S(C)(=O)=O)[C@@H](Cc2ccccc2)C(=O)NC2CCCCC2)c1. The van der Waals surface area contributed by atoms with Crippen molar-refractivity contribution in [2.45, 2.75) is 57.2 Å². The van der Waals surface area contributed by atoms with Crippen molar-refractivity contribution in [1.29, 1.82) is 0 Å². The molecule has 2 amide bonds. The number of anilines is 1. The van der Waals surface area contributed by atoms with E-state index in [1.165, 1.54) is 23.1 Å². The first-order chi connectivity index (χ1) is 20.5. The molecular formula is C32H37Cl2N3O5S. The molecule has 1 saturated carbocycles. The van der Waals surface area contributed by atoms with E-state index >= 15 is 0 Å². The number of halogens is 2. The summed E-state index contributed by atoms with van der Waals surface area (Å²) in [6, 6.07) is 20.2. The fourth-order valence-corrected chi connectivity index (χ4v) is 6.71. The van der Waals surface area contributed by atoms with E-state index in [1.807, 2.05) is 42.5 Å². The van der Waals surface area contributed by atoms with Gasteiger partial charge in [0.05, 0.1) is 19.1 Å². The third kappa shape index (κ3) is 9.36. The van der Waals surface area contributed by atoms with E-state index in [2.05, 4.69) is 5.32 Å². The molecule has 3 aromatic rings. The Morgan fingerprint density at radius 1 is 0.930 bits per heavy atom. The number of hydrogen-bond acceptors (Lipinski definition) is 5. The Morgan fingerprint density at radius 2 is 1.58 bits per heavy atom. The van der Waals surface area contributed by atoms with Crippen LogP contribution in [0.5, 0.6) is 5.75 Å². The smallest absolute Gasteiger partial charge is 0.244 e. The highest BCUT2D eigenvalue weighted by atomic mass is 35.5. The van der Waals surface area contributed by atoms with E-state index in [0.29, 0.717) is 5.75 Å². The van der Waals surface area contributed by atoms with Crippen LogP contribution in [-0.2, 0) is 32.6 Å². The Kier molecular flexibility index (Phi) is 11.3. The van der Waals surface area contributed by atoms with Crippen LogP contribution >= 0.6 is 23.2 Å². The van der Waals surface area contributed by atoms with Crippen molar-refractivity contribution in [1.82, 2.24) is 10.2 Å². The molecule has 1 aliphatic rings. The number of sulfonamides is 1. The lowest BCUT2D eigenvalue weighted by Gasteiger charge is -2.35. The largest absolute Gasteiger partial charge is 0.497 e. The second-order valence-electron chi connectivity index (χ2n) is 10.8. The van der Waals surface area contributed by atoms with E-state index in [4.69, 9.17) is 27.9 Å². The Balaban J connectivity index is 1.74. The summed E-state index contributed by atoms with van der Waals surface area (Å²) in [7, 11) is -2.39. The Labute approximate surface area is 264 Å². The molecule has 8 nitrogen and oxygen atoms in total. The summed E-state index contributed by atoms with van der Waals surface area (Å²) >= 11 is 12.4. The monoisotopic (exact) mass is 645 g/mol. The van der Waals surface area contributed by atoms with E-state index in [-0.39, 0.29) is 40.6 Å². The van der Waals surface area contributed by atoms with Crippen molar-refractivity contribution >= 4 is 50.7 Å². The second kappa shape index (κ2) is 14.9. The van der Waals surface area contributed by atoms with Crippen LogP contribution in [0.1, 0.15) is 43.2 Å². The summed E-state index contributed by atoms with van der Waals surface area (Å²) in [5, 5.41) is 3.64. The number of benzene rings is 3. The number of nitrogens with one attached hydrogen (secondary N) is 1. The fraction of sp³-hybridized carbons (Fsp3) is 0.375. The lowest BCUT2D eigenvalue weighted by atomic mass is 9.94. The molecule has 1 N–H and O–H groups in total. The summed E-state index contributed by atoms with van der Waals surface area (Å²) < 4.78 is 32.3. The topological polar surface area (TPSA) is 96.0 Å². The molecule has 0 spiro atoms. The van der Waals surface area contributed by atoms with Crippen molar-refractivity contribution in [3.8, 4) is 5.75 Å². The van der Waals surface area contributed by atoms with Gasteiger partial charge in [0, 0.05) is 29.1 Å². The lowest BCUT2D eigenvalue weighted by molar-refractivity contribution is -0.140. The van der Waals surface area contributed by atoms with Crippen molar-refractivity contribution < 1.29 is 22.7 Å². The van der Waals surface area contributed by atoms with Crippen LogP contribution in [0.25, 0.3) is 0 Å². The van der Waals surface area contributed by atoms with Crippen LogP contribution in [0.2, 0.25) is 10.0 Å². The van der Waals surface area contributed by atoms with Crippen LogP contribution in [0, 0.1) is 0 Å². The van der Waals surface area contributed by atoms with E-state index in [9.17, 15) is 18.0 Å².